The predicted molar refractivity (Wildman–Crippen MR) is 136 cm³/mol. The Morgan fingerprint density at radius 2 is 1.97 bits per heavy atom. The SMILES string of the molecule is Bc1cnn2c(NCc3cccnc3)cc(C3CCN(C(=O)Nc4ccc(C#N)cc4)CC3)nc12. The second kappa shape index (κ2) is 9.85. The van der Waals surface area contributed by atoms with Crippen LogP contribution in [0.1, 0.15) is 35.6 Å². The van der Waals surface area contributed by atoms with Crippen molar-refractivity contribution in [2.75, 3.05) is 23.7 Å². The van der Waals surface area contributed by atoms with Gasteiger partial charge in [-0.15, -0.1) is 0 Å². The number of carbonyl (C=O) groups excluding carboxylic acids is 1. The number of benzene rings is 1. The third kappa shape index (κ3) is 4.94. The van der Waals surface area contributed by atoms with Crippen molar-refractivity contribution in [1.29, 1.82) is 5.26 Å². The number of nitrogens with zero attached hydrogens (tertiary/aromatic N) is 6. The van der Waals surface area contributed by atoms with Gasteiger partial charge >= 0.3 is 6.03 Å². The molecule has 0 aliphatic carbocycles. The van der Waals surface area contributed by atoms with E-state index < -0.39 is 0 Å². The molecule has 2 N–H and O–H groups in total. The van der Waals surface area contributed by atoms with Crippen LogP contribution in [0.3, 0.4) is 0 Å². The lowest BCUT2D eigenvalue weighted by atomic mass is 9.93. The summed E-state index contributed by atoms with van der Waals surface area (Å²) < 4.78 is 1.84. The monoisotopic (exact) mass is 464 g/mol. The van der Waals surface area contributed by atoms with Crippen LogP contribution in [0.4, 0.5) is 16.3 Å². The number of fused-ring (bicyclic) bond motifs is 1. The van der Waals surface area contributed by atoms with E-state index in [1.54, 1.807) is 30.5 Å². The zero-order chi connectivity index (χ0) is 24.2. The molecule has 1 aliphatic rings. The molecule has 3 aromatic heterocycles. The highest BCUT2D eigenvalue weighted by Gasteiger charge is 2.26. The van der Waals surface area contributed by atoms with E-state index in [9.17, 15) is 4.79 Å². The number of aromatic nitrogens is 4. The zero-order valence-electron chi connectivity index (χ0n) is 19.5. The number of amides is 2. The molecule has 1 saturated heterocycles. The van der Waals surface area contributed by atoms with Gasteiger partial charge in [0.1, 0.15) is 13.7 Å². The van der Waals surface area contributed by atoms with Crippen LogP contribution in [-0.2, 0) is 6.54 Å². The Kier molecular flexibility index (Phi) is 6.31. The van der Waals surface area contributed by atoms with Crippen molar-refractivity contribution >= 4 is 36.5 Å². The molecule has 9 nitrogen and oxygen atoms in total. The Balaban J connectivity index is 1.27. The molecule has 1 fully saturated rings. The van der Waals surface area contributed by atoms with E-state index in [0.29, 0.717) is 30.9 Å². The first-order valence-electron chi connectivity index (χ1n) is 11.6. The fraction of sp³-hybridized carbons (Fsp3) is 0.240. The second-order valence-corrected chi connectivity index (χ2v) is 8.72. The minimum absolute atomic E-state index is 0.123. The molecule has 10 heteroatoms. The van der Waals surface area contributed by atoms with Crippen molar-refractivity contribution in [3.05, 3.63) is 77.9 Å². The van der Waals surface area contributed by atoms with Gasteiger partial charge in [0.05, 0.1) is 11.6 Å². The highest BCUT2D eigenvalue weighted by atomic mass is 16.2. The van der Waals surface area contributed by atoms with Crippen LogP contribution < -0.4 is 16.1 Å². The standard InChI is InChI=1S/C25H25BN8O/c26-21-16-30-34-23(29-15-18-2-1-9-28-14-18)12-22(32-24(21)34)19-7-10-33(11-8-19)25(35)31-20-5-3-17(13-27)4-6-20/h1-6,9,12,14,16,19,29H,7-8,10-11,15,26H2,(H,31,35). The van der Waals surface area contributed by atoms with Gasteiger partial charge in [-0.05, 0) is 54.2 Å². The average molecular weight is 464 g/mol. The number of pyridine rings is 1. The van der Waals surface area contributed by atoms with Gasteiger partial charge in [-0.1, -0.05) is 6.07 Å². The lowest BCUT2D eigenvalue weighted by molar-refractivity contribution is 0.194. The van der Waals surface area contributed by atoms with Gasteiger partial charge in [0.2, 0.25) is 0 Å². The average Bonchev–Trinajstić information content (AvgIpc) is 3.29. The molecule has 0 radical (unpaired) electrons. The molecule has 174 valence electrons. The topological polar surface area (TPSA) is 111 Å². The largest absolute Gasteiger partial charge is 0.366 e. The number of nitrogens with one attached hydrogen (secondary N) is 2. The summed E-state index contributed by atoms with van der Waals surface area (Å²) in [6.45, 7) is 1.94. The molecule has 2 amide bonds. The van der Waals surface area contributed by atoms with Gasteiger partial charge in [0.15, 0.2) is 5.65 Å². The summed E-state index contributed by atoms with van der Waals surface area (Å²) in [5.41, 5.74) is 5.22. The first-order valence-corrected chi connectivity index (χ1v) is 11.6. The minimum Gasteiger partial charge on any atom is -0.366 e. The third-order valence-electron chi connectivity index (χ3n) is 6.33. The Morgan fingerprint density at radius 1 is 1.17 bits per heavy atom. The van der Waals surface area contributed by atoms with Crippen LogP contribution in [0.5, 0.6) is 0 Å². The molecule has 1 aliphatic heterocycles. The molecule has 0 spiro atoms. The smallest absolute Gasteiger partial charge is 0.321 e. The molecule has 0 saturated carbocycles. The predicted octanol–water partition coefficient (Wildman–Crippen LogP) is 2.28. The summed E-state index contributed by atoms with van der Waals surface area (Å²) in [6, 6.07) is 14.9. The summed E-state index contributed by atoms with van der Waals surface area (Å²) in [5.74, 6) is 1.15. The maximum Gasteiger partial charge on any atom is 0.321 e. The van der Waals surface area contributed by atoms with E-state index in [2.05, 4.69) is 32.9 Å². The zero-order valence-corrected chi connectivity index (χ0v) is 19.5. The Morgan fingerprint density at radius 3 is 2.69 bits per heavy atom. The number of piperidine rings is 1. The highest BCUT2D eigenvalue weighted by molar-refractivity contribution is 6.36. The van der Waals surface area contributed by atoms with Gasteiger partial charge in [0, 0.05) is 61.6 Å². The van der Waals surface area contributed by atoms with Crippen molar-refractivity contribution in [3.8, 4) is 6.07 Å². The molecule has 0 bridgehead atoms. The van der Waals surface area contributed by atoms with Crippen LogP contribution >= 0.6 is 0 Å². The maximum atomic E-state index is 12.7. The van der Waals surface area contributed by atoms with E-state index in [4.69, 9.17) is 10.2 Å². The second-order valence-electron chi connectivity index (χ2n) is 8.72. The molecule has 4 heterocycles. The number of nitriles is 1. The molecule has 4 aromatic rings. The minimum atomic E-state index is -0.123. The number of carbonyl (C=O) groups is 1. The third-order valence-corrected chi connectivity index (χ3v) is 6.33. The van der Waals surface area contributed by atoms with Crippen LogP contribution in [-0.4, -0.2) is 51.4 Å². The van der Waals surface area contributed by atoms with Crippen LogP contribution in [0.15, 0.2) is 61.1 Å². The van der Waals surface area contributed by atoms with E-state index in [1.807, 2.05) is 41.8 Å². The Bertz CT molecular complexity index is 1370. The van der Waals surface area contributed by atoms with Crippen molar-refractivity contribution in [2.24, 2.45) is 0 Å². The van der Waals surface area contributed by atoms with Gasteiger partial charge in [-0.25, -0.2) is 9.78 Å². The molecule has 0 unspecified atom stereocenters. The number of anilines is 2. The molecule has 1 aromatic carbocycles. The van der Waals surface area contributed by atoms with Gasteiger partial charge in [-0.2, -0.15) is 14.9 Å². The molecular weight excluding hydrogens is 439 g/mol. The van der Waals surface area contributed by atoms with Crippen LogP contribution in [0.2, 0.25) is 0 Å². The van der Waals surface area contributed by atoms with E-state index >= 15 is 0 Å². The maximum absolute atomic E-state index is 12.7. The van der Waals surface area contributed by atoms with E-state index in [1.165, 1.54) is 0 Å². The van der Waals surface area contributed by atoms with Crippen LogP contribution in [0, 0.1) is 11.3 Å². The summed E-state index contributed by atoms with van der Waals surface area (Å²) in [5, 5.41) is 19.8. The number of urea groups is 1. The first-order chi connectivity index (χ1) is 17.1. The number of hydrogen-bond acceptors (Lipinski definition) is 6. The van der Waals surface area contributed by atoms with Crippen molar-refractivity contribution in [1.82, 2.24) is 24.5 Å². The molecule has 35 heavy (non-hydrogen) atoms. The highest BCUT2D eigenvalue weighted by Crippen LogP contribution is 2.29. The van der Waals surface area contributed by atoms with Crippen molar-refractivity contribution in [2.45, 2.75) is 25.3 Å². The summed E-state index contributed by atoms with van der Waals surface area (Å²) in [4.78, 5) is 23.7. The van der Waals surface area contributed by atoms with E-state index in [-0.39, 0.29) is 11.9 Å². The van der Waals surface area contributed by atoms with Crippen molar-refractivity contribution in [3.63, 3.8) is 0 Å². The lowest BCUT2D eigenvalue weighted by Crippen LogP contribution is -2.40. The van der Waals surface area contributed by atoms with Gasteiger partial charge in [-0.3, -0.25) is 4.98 Å². The van der Waals surface area contributed by atoms with Gasteiger partial charge < -0.3 is 15.5 Å². The molecule has 0 atom stereocenters. The summed E-state index contributed by atoms with van der Waals surface area (Å²) >= 11 is 0. The fourth-order valence-electron chi connectivity index (χ4n) is 4.33. The fourth-order valence-corrected chi connectivity index (χ4v) is 4.33. The molecular formula is C25H25BN8O. The number of hydrogen-bond donors (Lipinski definition) is 2. The Hall–Kier alpha value is -4.39. The Labute approximate surface area is 204 Å². The van der Waals surface area contributed by atoms with Crippen molar-refractivity contribution < 1.29 is 4.79 Å². The summed E-state index contributed by atoms with van der Waals surface area (Å²) in [6.07, 6.45) is 7.11. The molecule has 5 rings (SSSR count). The summed E-state index contributed by atoms with van der Waals surface area (Å²) in [7, 11) is 2.01. The number of likely N-dealkylation sites (tertiary alicyclic amines) is 1. The van der Waals surface area contributed by atoms with Gasteiger partial charge in [0.25, 0.3) is 0 Å². The number of rotatable bonds is 5. The first kappa shape index (κ1) is 22.4. The van der Waals surface area contributed by atoms with E-state index in [0.717, 1.165) is 41.0 Å². The normalized spacial score (nSPS) is 14.0. The quantitative estimate of drug-likeness (QED) is 0.439. The van der Waals surface area contributed by atoms with Crippen LogP contribution in [0.25, 0.3) is 5.65 Å². The lowest BCUT2D eigenvalue weighted by Gasteiger charge is -2.32.